The number of nitrogens with two attached hydrogens (primary N) is 2. The highest BCUT2D eigenvalue weighted by molar-refractivity contribution is 5.93. The molecule has 0 radical (unpaired) electrons. The summed E-state index contributed by atoms with van der Waals surface area (Å²) < 4.78 is 7.34. The first-order valence-electron chi connectivity index (χ1n) is 9.27. The van der Waals surface area contributed by atoms with Crippen LogP contribution in [0.15, 0.2) is 42.9 Å². The van der Waals surface area contributed by atoms with Crippen LogP contribution in [0.2, 0.25) is 0 Å². The second-order valence-electron chi connectivity index (χ2n) is 6.74. The third-order valence-electron chi connectivity index (χ3n) is 4.67. The van der Waals surface area contributed by atoms with Gasteiger partial charge in [-0.25, -0.2) is 4.98 Å². The third kappa shape index (κ3) is 4.43. The van der Waals surface area contributed by atoms with Crippen LogP contribution in [0.25, 0.3) is 0 Å². The molecule has 2 aromatic heterocycles. The van der Waals surface area contributed by atoms with E-state index in [-0.39, 0.29) is 0 Å². The minimum atomic E-state index is -0.481. The number of nitrogens with zero attached hydrogens (tertiary/aromatic N) is 4. The Hall–Kier alpha value is -3.66. The van der Waals surface area contributed by atoms with E-state index >= 15 is 0 Å². The van der Waals surface area contributed by atoms with E-state index in [4.69, 9.17) is 16.2 Å². The van der Waals surface area contributed by atoms with E-state index in [2.05, 4.69) is 25.7 Å². The molecule has 29 heavy (non-hydrogen) atoms. The Morgan fingerprint density at radius 3 is 2.59 bits per heavy atom. The maximum Gasteiger partial charge on any atom is 0.248 e. The third-order valence-corrected chi connectivity index (χ3v) is 4.67. The van der Waals surface area contributed by atoms with Crippen molar-refractivity contribution >= 4 is 34.7 Å². The van der Waals surface area contributed by atoms with Crippen molar-refractivity contribution in [2.24, 2.45) is 5.73 Å². The molecule has 1 fully saturated rings. The molecule has 1 aromatic carbocycles. The lowest BCUT2D eigenvalue weighted by molar-refractivity contribution is 0.0662. The van der Waals surface area contributed by atoms with Gasteiger partial charge in [-0.05, 0) is 37.1 Å². The molecule has 0 unspecified atom stereocenters. The molecule has 0 bridgehead atoms. The Balaban J connectivity index is 1.46. The van der Waals surface area contributed by atoms with Crippen molar-refractivity contribution in [3.05, 3.63) is 48.4 Å². The van der Waals surface area contributed by atoms with Gasteiger partial charge in [-0.3, -0.25) is 9.48 Å². The maximum atomic E-state index is 11.2. The number of rotatable bonds is 6. The van der Waals surface area contributed by atoms with Crippen molar-refractivity contribution in [2.45, 2.75) is 18.9 Å². The number of nitrogens with one attached hydrogen (secondary N) is 2. The number of anilines is 5. The summed E-state index contributed by atoms with van der Waals surface area (Å²) in [6.07, 6.45) is 7.10. The van der Waals surface area contributed by atoms with Crippen LogP contribution in [0.1, 0.15) is 29.2 Å². The van der Waals surface area contributed by atoms with Crippen molar-refractivity contribution in [1.29, 1.82) is 0 Å². The first-order chi connectivity index (χ1) is 14.1. The summed E-state index contributed by atoms with van der Waals surface area (Å²) in [5.74, 6) is 0.360. The quantitative estimate of drug-likeness (QED) is 0.498. The fourth-order valence-corrected chi connectivity index (χ4v) is 3.09. The van der Waals surface area contributed by atoms with Crippen molar-refractivity contribution in [3.63, 3.8) is 0 Å². The molecule has 1 aliphatic rings. The average molecular weight is 394 g/mol. The van der Waals surface area contributed by atoms with E-state index in [0.717, 1.165) is 37.4 Å². The van der Waals surface area contributed by atoms with Crippen molar-refractivity contribution < 1.29 is 9.53 Å². The number of benzene rings is 1. The van der Waals surface area contributed by atoms with E-state index in [9.17, 15) is 4.79 Å². The minimum absolute atomic E-state index is 0.340. The molecule has 3 heterocycles. The molecular formula is C19H22N8O2. The number of primary amides is 1. The van der Waals surface area contributed by atoms with E-state index in [1.54, 1.807) is 30.5 Å². The van der Waals surface area contributed by atoms with Crippen LogP contribution in [-0.4, -0.2) is 38.9 Å². The highest BCUT2D eigenvalue weighted by atomic mass is 16.5. The van der Waals surface area contributed by atoms with E-state index in [1.165, 1.54) is 6.20 Å². The molecule has 1 amide bonds. The van der Waals surface area contributed by atoms with E-state index in [1.807, 2.05) is 10.9 Å². The molecule has 0 atom stereocenters. The van der Waals surface area contributed by atoms with Crippen molar-refractivity contribution in [2.75, 3.05) is 29.6 Å². The zero-order valence-electron chi connectivity index (χ0n) is 15.7. The van der Waals surface area contributed by atoms with Gasteiger partial charge in [0.25, 0.3) is 0 Å². The van der Waals surface area contributed by atoms with Gasteiger partial charge in [0.15, 0.2) is 5.82 Å². The topological polar surface area (TPSA) is 146 Å². The molecule has 4 rings (SSSR count). The molecule has 0 aliphatic carbocycles. The Morgan fingerprint density at radius 2 is 1.86 bits per heavy atom. The maximum absolute atomic E-state index is 11.2. The summed E-state index contributed by atoms with van der Waals surface area (Å²) >= 11 is 0. The van der Waals surface area contributed by atoms with Gasteiger partial charge in [-0.15, -0.1) is 0 Å². The Morgan fingerprint density at radius 1 is 1.10 bits per heavy atom. The molecule has 1 aliphatic heterocycles. The molecule has 6 N–H and O–H groups in total. The Kier molecular flexibility index (Phi) is 5.25. The molecule has 0 saturated carbocycles. The largest absolute Gasteiger partial charge is 0.394 e. The highest BCUT2D eigenvalue weighted by Crippen LogP contribution is 2.25. The number of aromatic nitrogens is 4. The molecule has 1 saturated heterocycles. The first-order valence-corrected chi connectivity index (χ1v) is 9.27. The zero-order chi connectivity index (χ0) is 20.2. The number of amides is 1. The fourth-order valence-electron chi connectivity index (χ4n) is 3.09. The lowest BCUT2D eigenvalue weighted by Crippen LogP contribution is -2.19. The van der Waals surface area contributed by atoms with Gasteiger partial charge < -0.3 is 26.8 Å². The number of carbonyl (C=O) groups excluding carboxylic acids is 1. The van der Waals surface area contributed by atoms with Gasteiger partial charge in [-0.1, -0.05) is 0 Å². The molecular weight excluding hydrogens is 372 g/mol. The molecule has 150 valence electrons. The van der Waals surface area contributed by atoms with Crippen LogP contribution in [0.5, 0.6) is 0 Å². The second-order valence-corrected chi connectivity index (χ2v) is 6.74. The normalized spacial score (nSPS) is 14.5. The van der Waals surface area contributed by atoms with Gasteiger partial charge in [0.2, 0.25) is 11.9 Å². The van der Waals surface area contributed by atoms with Crippen LogP contribution < -0.4 is 22.1 Å². The molecule has 0 spiro atoms. The summed E-state index contributed by atoms with van der Waals surface area (Å²) in [6, 6.07) is 7.06. The van der Waals surface area contributed by atoms with Crippen LogP contribution in [-0.2, 0) is 4.74 Å². The Bertz CT molecular complexity index is 996. The standard InChI is InChI=1S/C19H22N8O2/c20-16-10-22-19(25-14-9-23-27(11-14)15-5-7-29-8-6-15)26-18(16)24-13-3-1-12(2-4-13)17(21)28/h1-4,9-11,15H,5-8,20H2,(H2,21,28)(H2,22,24,25,26). The van der Waals surface area contributed by atoms with Crippen LogP contribution in [0.4, 0.5) is 28.8 Å². The molecule has 3 aromatic rings. The minimum Gasteiger partial charge on any atom is -0.394 e. The summed E-state index contributed by atoms with van der Waals surface area (Å²) in [6.45, 7) is 1.51. The smallest absolute Gasteiger partial charge is 0.248 e. The van der Waals surface area contributed by atoms with Gasteiger partial charge in [0, 0.05) is 30.7 Å². The van der Waals surface area contributed by atoms with E-state index in [0.29, 0.717) is 29.1 Å². The van der Waals surface area contributed by atoms with E-state index < -0.39 is 5.91 Å². The Labute approximate surface area is 167 Å². The molecule has 10 heteroatoms. The van der Waals surface area contributed by atoms with Gasteiger partial charge in [0.05, 0.1) is 29.8 Å². The predicted molar refractivity (Wildman–Crippen MR) is 109 cm³/mol. The summed E-state index contributed by atoms with van der Waals surface area (Å²) in [4.78, 5) is 19.9. The summed E-state index contributed by atoms with van der Waals surface area (Å²) in [5.41, 5.74) is 13.6. The van der Waals surface area contributed by atoms with Crippen LogP contribution in [0.3, 0.4) is 0 Å². The molecule has 10 nitrogen and oxygen atoms in total. The van der Waals surface area contributed by atoms with Gasteiger partial charge in [0.1, 0.15) is 0 Å². The lowest BCUT2D eigenvalue weighted by Gasteiger charge is -2.22. The van der Waals surface area contributed by atoms with Crippen molar-refractivity contribution in [3.8, 4) is 0 Å². The zero-order valence-corrected chi connectivity index (χ0v) is 15.7. The first kappa shape index (κ1) is 18.7. The number of carbonyl (C=O) groups is 1. The highest BCUT2D eigenvalue weighted by Gasteiger charge is 2.16. The predicted octanol–water partition coefficient (Wildman–Crippen LogP) is 2.19. The monoisotopic (exact) mass is 394 g/mol. The SMILES string of the molecule is NC(=O)c1ccc(Nc2nc(Nc3cnn(C4CCOCC4)c3)ncc2N)cc1. The van der Waals surface area contributed by atoms with Crippen molar-refractivity contribution in [1.82, 2.24) is 19.7 Å². The fraction of sp³-hybridized carbons (Fsp3) is 0.263. The number of hydrogen-bond acceptors (Lipinski definition) is 8. The number of hydrogen-bond donors (Lipinski definition) is 4. The summed E-state index contributed by atoms with van der Waals surface area (Å²) in [5, 5.41) is 10.7. The van der Waals surface area contributed by atoms with Crippen LogP contribution >= 0.6 is 0 Å². The number of nitrogen functional groups attached to an aromatic ring is 1. The van der Waals surface area contributed by atoms with Crippen LogP contribution in [0, 0.1) is 0 Å². The second kappa shape index (κ2) is 8.15. The average Bonchev–Trinajstić information content (AvgIpc) is 3.20. The van der Waals surface area contributed by atoms with Gasteiger partial charge in [-0.2, -0.15) is 10.1 Å². The number of ether oxygens (including phenoxy) is 1. The summed E-state index contributed by atoms with van der Waals surface area (Å²) in [7, 11) is 0. The van der Waals surface area contributed by atoms with Gasteiger partial charge >= 0.3 is 0 Å². The lowest BCUT2D eigenvalue weighted by atomic mass is 10.1.